The van der Waals surface area contributed by atoms with Gasteiger partial charge in [-0.2, -0.15) is 0 Å². The van der Waals surface area contributed by atoms with Gasteiger partial charge in [-0.3, -0.25) is 4.79 Å². The van der Waals surface area contributed by atoms with Gasteiger partial charge in [0, 0.05) is 0 Å². The van der Waals surface area contributed by atoms with E-state index in [9.17, 15) is 4.79 Å². The van der Waals surface area contributed by atoms with E-state index in [4.69, 9.17) is 10.8 Å². The lowest BCUT2D eigenvalue weighted by Gasteiger charge is -1.89. The van der Waals surface area contributed by atoms with Gasteiger partial charge in [0.2, 0.25) is 0 Å². The van der Waals surface area contributed by atoms with Gasteiger partial charge in [0.15, 0.2) is 0 Å². The van der Waals surface area contributed by atoms with Crippen molar-refractivity contribution in [1.82, 2.24) is 0 Å². The summed E-state index contributed by atoms with van der Waals surface area (Å²) in [6.07, 6.45) is 1.71. The maximum absolute atomic E-state index is 10.2. The van der Waals surface area contributed by atoms with Crippen LogP contribution in [0.25, 0.3) is 0 Å². The number of aliphatic carboxylic acids is 1. The van der Waals surface area contributed by atoms with Crippen molar-refractivity contribution in [3.8, 4) is 0 Å². The van der Waals surface area contributed by atoms with Crippen LogP contribution in [0, 0.1) is 11.8 Å². The molecule has 0 aliphatic heterocycles. The van der Waals surface area contributed by atoms with Gasteiger partial charge < -0.3 is 10.8 Å². The number of carbonyl (C=O) groups is 1. The lowest BCUT2D eigenvalue weighted by molar-refractivity contribution is -0.138. The molecule has 3 heteroatoms. The second-order valence-electron chi connectivity index (χ2n) is 2.52. The van der Waals surface area contributed by atoms with Gasteiger partial charge in [0.25, 0.3) is 0 Å². The second kappa shape index (κ2) is 2.35. The molecule has 1 saturated carbocycles. The van der Waals surface area contributed by atoms with Crippen LogP contribution < -0.4 is 5.73 Å². The number of hydrogen-bond acceptors (Lipinski definition) is 2. The Labute approximate surface area is 53.9 Å². The normalized spacial score (nSPS) is 32.1. The molecule has 0 spiro atoms. The Kier molecular flexibility index (Phi) is 1.71. The van der Waals surface area contributed by atoms with E-state index in [-0.39, 0.29) is 5.92 Å². The molecule has 2 unspecified atom stereocenters. The summed E-state index contributed by atoms with van der Waals surface area (Å²) in [4.78, 5) is 10.2. The van der Waals surface area contributed by atoms with Gasteiger partial charge in [-0.25, -0.2) is 0 Å². The van der Waals surface area contributed by atoms with Crippen molar-refractivity contribution < 1.29 is 9.90 Å². The molecule has 2 atom stereocenters. The summed E-state index contributed by atoms with van der Waals surface area (Å²) < 4.78 is 0. The van der Waals surface area contributed by atoms with E-state index >= 15 is 0 Å². The van der Waals surface area contributed by atoms with Crippen molar-refractivity contribution in [2.24, 2.45) is 17.6 Å². The predicted octanol–water partition coefficient (Wildman–Crippen LogP) is 0.0559. The highest BCUT2D eigenvalue weighted by atomic mass is 16.4. The largest absolute Gasteiger partial charge is 0.481 e. The molecule has 0 radical (unpaired) electrons. The third kappa shape index (κ3) is 1.42. The van der Waals surface area contributed by atoms with Crippen LogP contribution >= 0.6 is 0 Å². The fourth-order valence-electron chi connectivity index (χ4n) is 1.08. The van der Waals surface area contributed by atoms with Gasteiger partial charge in [-0.15, -0.1) is 0 Å². The van der Waals surface area contributed by atoms with Crippen LogP contribution in [0.5, 0.6) is 0 Å². The first-order valence-electron chi connectivity index (χ1n) is 3.18. The van der Waals surface area contributed by atoms with E-state index in [2.05, 4.69) is 0 Å². The van der Waals surface area contributed by atoms with Crippen LogP contribution in [-0.2, 0) is 4.79 Å². The fourth-order valence-corrected chi connectivity index (χ4v) is 1.08. The van der Waals surface area contributed by atoms with Crippen LogP contribution in [-0.4, -0.2) is 17.6 Å². The van der Waals surface area contributed by atoms with Gasteiger partial charge >= 0.3 is 5.97 Å². The molecule has 52 valence electrons. The van der Waals surface area contributed by atoms with Gasteiger partial charge in [-0.1, -0.05) is 0 Å². The first kappa shape index (κ1) is 6.55. The third-order valence-electron chi connectivity index (χ3n) is 1.78. The molecular weight excluding hydrogens is 118 g/mol. The summed E-state index contributed by atoms with van der Waals surface area (Å²) in [7, 11) is 0. The highest BCUT2D eigenvalue weighted by Gasteiger charge is 2.41. The molecule has 0 aromatic heterocycles. The summed E-state index contributed by atoms with van der Waals surface area (Å²) in [5.74, 6) is -0.352. The van der Waals surface area contributed by atoms with Crippen LogP contribution in [0.1, 0.15) is 12.8 Å². The zero-order valence-electron chi connectivity index (χ0n) is 5.21. The first-order chi connectivity index (χ1) is 4.25. The maximum atomic E-state index is 10.2. The van der Waals surface area contributed by atoms with E-state index in [1.807, 2.05) is 0 Å². The summed E-state index contributed by atoms with van der Waals surface area (Å²) >= 11 is 0. The zero-order valence-corrected chi connectivity index (χ0v) is 5.21. The molecule has 9 heavy (non-hydrogen) atoms. The highest BCUT2D eigenvalue weighted by molar-refractivity contribution is 5.73. The lowest BCUT2D eigenvalue weighted by Crippen LogP contribution is -2.04. The lowest BCUT2D eigenvalue weighted by atomic mass is 10.2. The summed E-state index contributed by atoms with van der Waals surface area (Å²) in [6.45, 7) is 0.619. The number of carboxylic acid groups (broad SMARTS) is 1. The summed E-state index contributed by atoms with van der Waals surface area (Å²) in [6, 6.07) is 0. The van der Waals surface area contributed by atoms with Crippen molar-refractivity contribution in [1.29, 1.82) is 0 Å². The van der Waals surface area contributed by atoms with Crippen molar-refractivity contribution in [2.45, 2.75) is 12.8 Å². The Balaban J connectivity index is 2.17. The standard InChI is InChI=1S/C6H11NO2/c7-2-1-4-3-5(4)6(8)9/h4-5H,1-3,7H2,(H,8,9). The molecule has 0 bridgehead atoms. The minimum Gasteiger partial charge on any atom is -0.481 e. The minimum atomic E-state index is -0.659. The molecule has 0 saturated heterocycles. The predicted molar refractivity (Wildman–Crippen MR) is 32.9 cm³/mol. The van der Waals surface area contributed by atoms with E-state index < -0.39 is 5.97 Å². The van der Waals surface area contributed by atoms with Gasteiger partial charge in [0.05, 0.1) is 5.92 Å². The molecule has 0 aromatic rings. The monoisotopic (exact) mass is 129 g/mol. The van der Waals surface area contributed by atoms with E-state index in [0.717, 1.165) is 12.8 Å². The van der Waals surface area contributed by atoms with Crippen molar-refractivity contribution >= 4 is 5.97 Å². The van der Waals surface area contributed by atoms with E-state index in [0.29, 0.717) is 12.5 Å². The third-order valence-corrected chi connectivity index (χ3v) is 1.78. The molecule has 1 aliphatic rings. The SMILES string of the molecule is NCCC1CC1C(=O)O. The molecule has 0 amide bonds. The number of nitrogens with two attached hydrogens (primary N) is 1. The van der Waals surface area contributed by atoms with Crippen molar-refractivity contribution in [3.63, 3.8) is 0 Å². The molecular formula is C6H11NO2. The van der Waals surface area contributed by atoms with Crippen molar-refractivity contribution in [2.75, 3.05) is 6.54 Å². The van der Waals surface area contributed by atoms with E-state index in [1.165, 1.54) is 0 Å². The fraction of sp³-hybridized carbons (Fsp3) is 0.833. The molecule has 1 aliphatic carbocycles. The van der Waals surface area contributed by atoms with Crippen LogP contribution in [0.3, 0.4) is 0 Å². The maximum Gasteiger partial charge on any atom is 0.306 e. The number of carboxylic acids is 1. The number of rotatable bonds is 3. The Morgan fingerprint density at radius 1 is 1.78 bits per heavy atom. The Bertz CT molecular complexity index is 124. The van der Waals surface area contributed by atoms with Gasteiger partial charge in [0.1, 0.15) is 0 Å². The molecule has 3 nitrogen and oxygen atoms in total. The van der Waals surface area contributed by atoms with Crippen LogP contribution in [0.15, 0.2) is 0 Å². The van der Waals surface area contributed by atoms with Crippen LogP contribution in [0.2, 0.25) is 0 Å². The average molecular weight is 129 g/mol. The van der Waals surface area contributed by atoms with E-state index in [1.54, 1.807) is 0 Å². The molecule has 1 fully saturated rings. The summed E-state index contributed by atoms with van der Waals surface area (Å²) in [5, 5.41) is 8.41. The second-order valence-corrected chi connectivity index (χ2v) is 2.52. The Hall–Kier alpha value is -0.570. The molecule has 0 aromatic carbocycles. The van der Waals surface area contributed by atoms with Gasteiger partial charge in [-0.05, 0) is 25.3 Å². The topological polar surface area (TPSA) is 63.3 Å². The van der Waals surface area contributed by atoms with Crippen molar-refractivity contribution in [3.05, 3.63) is 0 Å². The Morgan fingerprint density at radius 3 is 2.78 bits per heavy atom. The highest BCUT2D eigenvalue weighted by Crippen LogP contribution is 2.40. The molecule has 1 rings (SSSR count). The average Bonchev–Trinajstić information content (AvgIpc) is 2.47. The molecule has 3 N–H and O–H groups in total. The first-order valence-corrected chi connectivity index (χ1v) is 3.18. The smallest absolute Gasteiger partial charge is 0.306 e. The zero-order chi connectivity index (χ0) is 6.85. The summed E-state index contributed by atoms with van der Waals surface area (Å²) in [5.41, 5.74) is 5.24. The van der Waals surface area contributed by atoms with Crippen LogP contribution in [0.4, 0.5) is 0 Å². The Morgan fingerprint density at radius 2 is 2.44 bits per heavy atom. The number of hydrogen-bond donors (Lipinski definition) is 2. The minimum absolute atomic E-state index is 0.0754. The quantitative estimate of drug-likeness (QED) is 0.566. The molecule has 0 heterocycles.